The normalized spacial score (nSPS) is 10.4. The van der Waals surface area contributed by atoms with Crippen molar-refractivity contribution >= 4 is 6.29 Å². The Morgan fingerprint density at radius 2 is 1.24 bits per heavy atom. The molecule has 0 aromatic heterocycles. The van der Waals surface area contributed by atoms with Crippen molar-refractivity contribution in [1.29, 1.82) is 5.26 Å². The Balaban J connectivity index is 1.23. The van der Waals surface area contributed by atoms with Gasteiger partial charge in [0.05, 0.1) is 30.4 Å². The number of phenols is 1. The van der Waals surface area contributed by atoms with E-state index in [1.807, 2.05) is 48.5 Å². The number of phenolic OH excluding ortho intramolecular Hbond substituents is 1. The molecule has 3 aromatic carbocycles. The Hall–Kier alpha value is -3.78. The van der Waals surface area contributed by atoms with Crippen LogP contribution in [-0.2, 0) is 0 Å². The lowest BCUT2D eigenvalue weighted by Gasteiger charge is -2.08. The van der Waals surface area contributed by atoms with Crippen LogP contribution in [0.1, 0.15) is 54.4 Å². The molecule has 0 aliphatic heterocycles. The second-order valence-corrected chi connectivity index (χ2v) is 7.87. The third-order valence-electron chi connectivity index (χ3n) is 5.41. The van der Waals surface area contributed by atoms with Crippen LogP contribution >= 0.6 is 0 Å². The van der Waals surface area contributed by atoms with E-state index >= 15 is 0 Å². The van der Waals surface area contributed by atoms with Crippen LogP contribution in [0.5, 0.6) is 17.2 Å². The summed E-state index contributed by atoms with van der Waals surface area (Å²) in [6.45, 7) is 1.31. The van der Waals surface area contributed by atoms with Gasteiger partial charge in [0.25, 0.3) is 0 Å². The Morgan fingerprint density at radius 1 is 0.727 bits per heavy atom. The molecule has 0 radical (unpaired) electrons. The van der Waals surface area contributed by atoms with Gasteiger partial charge in [-0.15, -0.1) is 0 Å². The number of rotatable bonds is 13. The number of hydrogen-bond acceptors (Lipinski definition) is 5. The molecule has 0 bridgehead atoms. The van der Waals surface area contributed by atoms with Crippen molar-refractivity contribution in [1.82, 2.24) is 0 Å². The monoisotopic (exact) mass is 443 g/mol. The zero-order valence-corrected chi connectivity index (χ0v) is 18.7. The first-order chi connectivity index (χ1) is 16.2. The molecule has 0 amide bonds. The minimum absolute atomic E-state index is 0.0491. The third kappa shape index (κ3) is 7.69. The number of benzene rings is 3. The van der Waals surface area contributed by atoms with Crippen LogP contribution in [0.4, 0.5) is 0 Å². The first-order valence-corrected chi connectivity index (χ1v) is 11.3. The second kappa shape index (κ2) is 12.9. The molecule has 0 aliphatic rings. The highest BCUT2D eigenvalue weighted by Gasteiger charge is 2.03. The van der Waals surface area contributed by atoms with Gasteiger partial charge in [-0.05, 0) is 60.4 Å². The number of unbranched alkanes of at least 4 members (excludes halogenated alkanes) is 5. The number of nitriles is 1. The highest BCUT2D eigenvalue weighted by Crippen LogP contribution is 2.24. The zero-order chi connectivity index (χ0) is 23.3. The third-order valence-corrected chi connectivity index (χ3v) is 5.41. The van der Waals surface area contributed by atoms with E-state index in [9.17, 15) is 9.90 Å². The van der Waals surface area contributed by atoms with Gasteiger partial charge < -0.3 is 14.6 Å². The maximum Gasteiger partial charge on any atom is 0.153 e. The van der Waals surface area contributed by atoms with Gasteiger partial charge >= 0.3 is 0 Å². The number of aromatic hydroxyl groups is 1. The maximum atomic E-state index is 10.7. The van der Waals surface area contributed by atoms with Gasteiger partial charge in [-0.25, -0.2) is 0 Å². The second-order valence-electron chi connectivity index (χ2n) is 7.87. The smallest absolute Gasteiger partial charge is 0.153 e. The molecule has 0 saturated heterocycles. The minimum Gasteiger partial charge on any atom is -0.507 e. The molecule has 33 heavy (non-hydrogen) atoms. The van der Waals surface area contributed by atoms with Crippen molar-refractivity contribution < 1.29 is 19.4 Å². The topological polar surface area (TPSA) is 79.5 Å². The van der Waals surface area contributed by atoms with E-state index in [4.69, 9.17) is 14.7 Å². The molecule has 0 spiro atoms. The van der Waals surface area contributed by atoms with Gasteiger partial charge in [-0.2, -0.15) is 5.26 Å². The van der Waals surface area contributed by atoms with Crippen LogP contribution in [0.2, 0.25) is 0 Å². The minimum atomic E-state index is -0.0491. The summed E-state index contributed by atoms with van der Waals surface area (Å²) in [6, 6.07) is 22.5. The van der Waals surface area contributed by atoms with Gasteiger partial charge in [0, 0.05) is 6.07 Å². The number of aldehydes is 1. The van der Waals surface area contributed by atoms with E-state index in [1.54, 1.807) is 12.1 Å². The van der Waals surface area contributed by atoms with Crippen LogP contribution in [0.15, 0.2) is 66.7 Å². The first kappa shape index (κ1) is 23.9. The highest BCUT2D eigenvalue weighted by atomic mass is 16.5. The molecule has 3 aromatic rings. The summed E-state index contributed by atoms with van der Waals surface area (Å²) < 4.78 is 11.5. The van der Waals surface area contributed by atoms with Gasteiger partial charge in [-0.3, -0.25) is 4.79 Å². The van der Waals surface area contributed by atoms with Gasteiger partial charge in [0.2, 0.25) is 0 Å². The van der Waals surface area contributed by atoms with Gasteiger partial charge in [0.1, 0.15) is 17.2 Å². The Morgan fingerprint density at radius 3 is 1.79 bits per heavy atom. The maximum absolute atomic E-state index is 10.7. The Bertz CT molecular complexity index is 1050. The summed E-state index contributed by atoms with van der Waals surface area (Å²) in [5.41, 5.74) is 3.12. The van der Waals surface area contributed by atoms with Gasteiger partial charge in [-0.1, -0.05) is 49.9 Å². The molecule has 0 saturated carbocycles. The van der Waals surface area contributed by atoms with E-state index in [2.05, 4.69) is 6.07 Å². The van der Waals surface area contributed by atoms with E-state index in [-0.39, 0.29) is 11.3 Å². The highest BCUT2D eigenvalue weighted by molar-refractivity contribution is 5.79. The fourth-order valence-corrected chi connectivity index (χ4v) is 3.49. The van der Waals surface area contributed by atoms with Crippen LogP contribution in [0.3, 0.4) is 0 Å². The average Bonchev–Trinajstić information content (AvgIpc) is 2.86. The number of carbonyl (C=O) groups is 1. The van der Waals surface area contributed by atoms with E-state index < -0.39 is 0 Å². The lowest BCUT2D eigenvalue weighted by molar-refractivity contribution is 0.112. The molecule has 0 fully saturated rings. The summed E-state index contributed by atoms with van der Waals surface area (Å²) in [6.07, 6.45) is 7.14. The molecule has 5 heteroatoms. The molecular weight excluding hydrogens is 414 g/mol. The molecule has 0 unspecified atom stereocenters. The molecule has 0 atom stereocenters. The SMILES string of the molecule is N#Cc1ccc(-c2ccc(OCCCCCCCCOc3ccc(C=O)c(O)c3)cc2)cc1. The molecule has 1 N–H and O–H groups in total. The molecule has 0 aliphatic carbocycles. The summed E-state index contributed by atoms with van der Waals surface area (Å²) in [5, 5.41) is 18.5. The largest absolute Gasteiger partial charge is 0.507 e. The predicted molar refractivity (Wildman–Crippen MR) is 129 cm³/mol. The van der Waals surface area contributed by atoms with Crippen LogP contribution in [-0.4, -0.2) is 24.6 Å². The quantitative estimate of drug-likeness (QED) is 0.240. The first-order valence-electron chi connectivity index (χ1n) is 11.3. The average molecular weight is 444 g/mol. The molecule has 170 valence electrons. The number of nitrogens with zero attached hydrogens (tertiary/aromatic N) is 1. The van der Waals surface area contributed by atoms with Crippen molar-refractivity contribution in [2.45, 2.75) is 38.5 Å². The van der Waals surface area contributed by atoms with Gasteiger partial charge in [0.15, 0.2) is 6.29 Å². The standard InChI is InChI=1S/C28H29NO4/c29-20-22-7-9-23(10-8-22)24-11-14-26(15-12-24)32-17-5-3-1-2-4-6-18-33-27-16-13-25(21-30)28(31)19-27/h7-16,19,21,31H,1-6,17-18H2. The molecular formula is C28H29NO4. The molecule has 3 rings (SSSR count). The van der Waals surface area contributed by atoms with Crippen molar-refractivity contribution in [3.63, 3.8) is 0 Å². The fourth-order valence-electron chi connectivity index (χ4n) is 3.49. The fraction of sp³-hybridized carbons (Fsp3) is 0.286. The summed E-state index contributed by atoms with van der Waals surface area (Å²) >= 11 is 0. The lowest BCUT2D eigenvalue weighted by atomic mass is 10.0. The predicted octanol–water partition coefficient (Wildman–Crippen LogP) is 6.54. The van der Waals surface area contributed by atoms with Crippen LogP contribution < -0.4 is 9.47 Å². The Labute approximate surface area is 195 Å². The zero-order valence-electron chi connectivity index (χ0n) is 18.7. The summed E-state index contributed by atoms with van der Waals surface area (Å²) in [4.78, 5) is 10.7. The van der Waals surface area contributed by atoms with Crippen LogP contribution in [0.25, 0.3) is 11.1 Å². The molecule has 5 nitrogen and oxygen atoms in total. The van der Waals surface area contributed by atoms with Crippen molar-refractivity contribution in [2.24, 2.45) is 0 Å². The van der Waals surface area contributed by atoms with Crippen molar-refractivity contribution in [2.75, 3.05) is 13.2 Å². The summed E-state index contributed by atoms with van der Waals surface area (Å²) in [7, 11) is 0. The van der Waals surface area contributed by atoms with Crippen LogP contribution in [0, 0.1) is 11.3 Å². The summed E-state index contributed by atoms with van der Waals surface area (Å²) in [5.74, 6) is 1.41. The number of hydrogen-bond donors (Lipinski definition) is 1. The Kier molecular flexibility index (Phi) is 9.35. The van der Waals surface area contributed by atoms with Crippen molar-refractivity contribution in [3.05, 3.63) is 77.9 Å². The number of carbonyl (C=O) groups excluding carboxylic acids is 1. The lowest BCUT2D eigenvalue weighted by Crippen LogP contribution is -1.98. The van der Waals surface area contributed by atoms with Crippen molar-refractivity contribution in [3.8, 4) is 34.4 Å². The molecule has 0 heterocycles. The van der Waals surface area contributed by atoms with E-state index in [0.717, 1.165) is 55.4 Å². The van der Waals surface area contributed by atoms with E-state index in [0.29, 0.717) is 30.8 Å². The van der Waals surface area contributed by atoms with E-state index in [1.165, 1.54) is 6.07 Å². The number of ether oxygens (including phenoxy) is 2.